The van der Waals surface area contributed by atoms with E-state index in [1.54, 1.807) is 16.7 Å². The van der Waals surface area contributed by atoms with Crippen LogP contribution < -0.4 is 15.8 Å². The maximum Gasteiger partial charge on any atom is 0.323 e. The molecule has 1 amide bonds. The summed E-state index contributed by atoms with van der Waals surface area (Å²) in [6.45, 7) is 5.81. The molecular weight excluding hydrogens is 496 g/mol. The number of carbonyl (C=O) groups excluding carboxylic acids is 1. The Morgan fingerprint density at radius 3 is 2.24 bits per heavy atom. The van der Waals surface area contributed by atoms with Gasteiger partial charge in [-0.3, -0.25) is 9.29 Å². The van der Waals surface area contributed by atoms with Gasteiger partial charge in [-0.2, -0.15) is 0 Å². The van der Waals surface area contributed by atoms with Gasteiger partial charge in [-0.15, -0.1) is 0 Å². The Balaban J connectivity index is 1.39. The van der Waals surface area contributed by atoms with Gasteiger partial charge in [-0.25, -0.2) is 13.2 Å². The van der Waals surface area contributed by atoms with Crippen molar-refractivity contribution in [1.29, 1.82) is 0 Å². The predicted molar refractivity (Wildman–Crippen MR) is 156 cm³/mol. The quantitative estimate of drug-likeness (QED) is 0.226. The molecule has 7 nitrogen and oxygen atoms in total. The van der Waals surface area contributed by atoms with E-state index in [1.165, 1.54) is 5.56 Å². The Morgan fingerprint density at radius 2 is 1.58 bits per heavy atom. The largest absolute Gasteiger partial charge is 0.351 e. The lowest BCUT2D eigenvalue weighted by molar-refractivity contribution is 0.251. The molecule has 4 aromatic rings. The average molecular weight is 533 g/mol. The maximum atomic E-state index is 12.6. The van der Waals surface area contributed by atoms with Gasteiger partial charge in [-0.05, 0) is 99.6 Å². The molecule has 0 radical (unpaired) electrons. The number of hydrogen-bond acceptors (Lipinski definition) is 4. The topological polar surface area (TPSA) is 106 Å². The summed E-state index contributed by atoms with van der Waals surface area (Å²) >= 11 is 0. The third-order valence-electron chi connectivity index (χ3n) is 6.57. The fraction of sp³-hybridized carbons (Fsp3) is 0.300. The lowest BCUT2D eigenvalue weighted by Crippen LogP contribution is -2.21. The zero-order valence-electron chi connectivity index (χ0n) is 22.3. The fourth-order valence-corrected chi connectivity index (χ4v) is 5.64. The van der Waals surface area contributed by atoms with Crippen molar-refractivity contribution in [3.8, 4) is 11.3 Å². The summed E-state index contributed by atoms with van der Waals surface area (Å²) in [7, 11) is -3.26. The van der Waals surface area contributed by atoms with E-state index in [2.05, 4.69) is 48.2 Å². The molecule has 0 aliphatic carbocycles. The van der Waals surface area contributed by atoms with E-state index in [4.69, 9.17) is 5.73 Å². The molecule has 0 atom stereocenters. The lowest BCUT2D eigenvalue weighted by atomic mass is 9.99. The van der Waals surface area contributed by atoms with Crippen molar-refractivity contribution in [2.75, 3.05) is 24.1 Å². The second kappa shape index (κ2) is 11.8. The molecule has 0 saturated heterocycles. The van der Waals surface area contributed by atoms with E-state index in [-0.39, 0.29) is 0 Å². The van der Waals surface area contributed by atoms with E-state index >= 15 is 0 Å². The van der Waals surface area contributed by atoms with Crippen LogP contribution >= 0.6 is 0 Å². The number of rotatable bonds is 11. The molecule has 0 fully saturated rings. The summed E-state index contributed by atoms with van der Waals surface area (Å²) in [6.07, 6.45) is 4.91. The number of unbranched alkanes of at least 4 members (excludes halogenated alkanes) is 1. The van der Waals surface area contributed by atoms with Crippen molar-refractivity contribution in [2.45, 2.75) is 39.5 Å². The van der Waals surface area contributed by atoms with Crippen LogP contribution in [0.15, 0.2) is 66.7 Å². The Hall–Kier alpha value is -3.62. The lowest BCUT2D eigenvalue weighted by Gasteiger charge is -2.12. The number of fused-ring (bicyclic) bond motifs is 1. The van der Waals surface area contributed by atoms with Crippen molar-refractivity contribution in [3.63, 3.8) is 0 Å². The van der Waals surface area contributed by atoms with Crippen molar-refractivity contribution in [1.82, 2.24) is 9.88 Å². The number of carbonyl (C=O) groups is 1. The first-order valence-electron chi connectivity index (χ1n) is 12.9. The maximum absolute atomic E-state index is 12.6. The van der Waals surface area contributed by atoms with Crippen LogP contribution in [0.1, 0.15) is 35.1 Å². The molecule has 4 N–H and O–H groups in total. The van der Waals surface area contributed by atoms with Crippen LogP contribution in [0.5, 0.6) is 0 Å². The van der Waals surface area contributed by atoms with Gasteiger partial charge in [0, 0.05) is 11.1 Å². The Morgan fingerprint density at radius 1 is 0.895 bits per heavy atom. The van der Waals surface area contributed by atoms with Gasteiger partial charge < -0.3 is 11.1 Å². The standard InChI is InChI=1S/C30H36N4O3S/c1-21-18-22(2)20-24(19-21)29-27(26-9-4-5-10-28(26)34(29)30(31)35)15-17-32-16-7-6-8-23-11-13-25(14-12-23)33-38(3,36)37/h4-5,9-14,18-20,32-33H,6-8,15-17H2,1-3H3,(H2,31,35). The molecule has 38 heavy (non-hydrogen) atoms. The minimum absolute atomic E-state index is 0.477. The summed E-state index contributed by atoms with van der Waals surface area (Å²) < 4.78 is 26.8. The van der Waals surface area contributed by atoms with E-state index in [0.29, 0.717) is 5.69 Å². The molecule has 0 spiro atoms. The highest BCUT2D eigenvalue weighted by atomic mass is 32.2. The van der Waals surface area contributed by atoms with Crippen LogP contribution in [-0.4, -0.2) is 38.4 Å². The summed E-state index contributed by atoms with van der Waals surface area (Å²) in [6, 6.07) is 21.3. The van der Waals surface area contributed by atoms with E-state index in [9.17, 15) is 13.2 Å². The highest BCUT2D eigenvalue weighted by molar-refractivity contribution is 7.92. The first-order valence-corrected chi connectivity index (χ1v) is 14.8. The van der Waals surface area contributed by atoms with Gasteiger partial charge in [0.25, 0.3) is 0 Å². The number of benzene rings is 3. The van der Waals surface area contributed by atoms with Crippen LogP contribution in [0.4, 0.5) is 10.5 Å². The first kappa shape index (κ1) is 27.4. The summed E-state index contributed by atoms with van der Waals surface area (Å²) in [5, 5.41) is 4.61. The number of para-hydroxylation sites is 1. The van der Waals surface area contributed by atoms with Crippen molar-refractivity contribution >= 4 is 32.6 Å². The molecule has 8 heteroatoms. The molecule has 0 unspecified atom stereocenters. The van der Waals surface area contributed by atoms with Crippen LogP contribution in [0.2, 0.25) is 0 Å². The van der Waals surface area contributed by atoms with Crippen LogP contribution in [0, 0.1) is 13.8 Å². The minimum atomic E-state index is -3.26. The number of nitrogens with zero attached hydrogens (tertiary/aromatic N) is 1. The number of nitrogens with one attached hydrogen (secondary N) is 2. The SMILES string of the molecule is Cc1cc(C)cc(-c2c(CCNCCCCc3ccc(NS(C)(=O)=O)cc3)c3ccccc3n2C(N)=O)c1. The van der Waals surface area contributed by atoms with Crippen LogP contribution in [0.25, 0.3) is 22.2 Å². The Labute approximate surface area is 225 Å². The van der Waals surface area contributed by atoms with Gasteiger partial charge in [0.15, 0.2) is 0 Å². The highest BCUT2D eigenvalue weighted by Crippen LogP contribution is 2.35. The fourth-order valence-electron chi connectivity index (χ4n) is 5.07. The molecule has 1 aromatic heterocycles. The number of aromatic nitrogens is 1. The van der Waals surface area contributed by atoms with Gasteiger partial charge in [0.05, 0.1) is 17.5 Å². The molecule has 0 saturated carbocycles. The third kappa shape index (κ3) is 6.82. The number of aryl methyl sites for hydroxylation is 3. The van der Waals surface area contributed by atoms with Crippen molar-refractivity contribution < 1.29 is 13.2 Å². The monoisotopic (exact) mass is 532 g/mol. The smallest absolute Gasteiger partial charge is 0.323 e. The number of sulfonamides is 1. The number of anilines is 1. The number of hydrogen-bond donors (Lipinski definition) is 3. The predicted octanol–water partition coefficient (Wildman–Crippen LogP) is 5.38. The molecule has 4 rings (SSSR count). The second-order valence-electron chi connectivity index (χ2n) is 9.92. The van der Waals surface area contributed by atoms with Gasteiger partial charge in [0.1, 0.15) is 0 Å². The molecule has 0 aliphatic rings. The van der Waals surface area contributed by atoms with E-state index in [1.807, 2.05) is 30.3 Å². The molecule has 3 aromatic carbocycles. The van der Waals surface area contributed by atoms with E-state index < -0.39 is 16.1 Å². The van der Waals surface area contributed by atoms with Crippen LogP contribution in [-0.2, 0) is 22.9 Å². The zero-order chi connectivity index (χ0) is 27.3. The summed E-state index contributed by atoms with van der Waals surface area (Å²) in [4.78, 5) is 12.6. The van der Waals surface area contributed by atoms with Gasteiger partial charge >= 0.3 is 6.03 Å². The first-order chi connectivity index (χ1) is 18.1. The average Bonchev–Trinajstić information content (AvgIpc) is 3.17. The summed E-state index contributed by atoms with van der Waals surface area (Å²) in [5.74, 6) is 0. The molecule has 0 bridgehead atoms. The van der Waals surface area contributed by atoms with E-state index in [0.717, 1.165) is 83.9 Å². The molecule has 0 aliphatic heterocycles. The Bertz CT molecular complexity index is 1520. The number of primary amides is 1. The Kier molecular flexibility index (Phi) is 8.54. The molecular formula is C30H36N4O3S. The highest BCUT2D eigenvalue weighted by Gasteiger charge is 2.21. The zero-order valence-corrected chi connectivity index (χ0v) is 23.1. The minimum Gasteiger partial charge on any atom is -0.351 e. The van der Waals surface area contributed by atoms with Crippen LogP contribution in [0.3, 0.4) is 0 Å². The number of nitrogens with two attached hydrogens (primary N) is 1. The van der Waals surface area contributed by atoms with Gasteiger partial charge in [-0.1, -0.05) is 47.5 Å². The van der Waals surface area contributed by atoms with Gasteiger partial charge in [0.2, 0.25) is 10.0 Å². The molecule has 200 valence electrons. The summed E-state index contributed by atoms with van der Waals surface area (Å²) in [5.41, 5.74) is 13.8. The van der Waals surface area contributed by atoms with Crippen molar-refractivity contribution in [2.24, 2.45) is 5.73 Å². The molecule has 1 heterocycles. The second-order valence-corrected chi connectivity index (χ2v) is 11.7. The third-order valence-corrected chi connectivity index (χ3v) is 7.18. The normalized spacial score (nSPS) is 11.7. The number of amides is 1. The van der Waals surface area contributed by atoms with Crippen molar-refractivity contribution in [3.05, 3.63) is 89.0 Å².